The second-order valence-corrected chi connectivity index (χ2v) is 12.7. The fourth-order valence-corrected chi connectivity index (χ4v) is 6.35. The minimum absolute atomic E-state index is 0.0173. The molecule has 4 aromatic carbocycles. The summed E-state index contributed by atoms with van der Waals surface area (Å²) in [5, 5.41) is 0.550. The molecule has 0 saturated carbocycles. The summed E-state index contributed by atoms with van der Waals surface area (Å²) in [6.07, 6.45) is 0. The maximum absolute atomic E-state index is 13.7. The van der Waals surface area contributed by atoms with Crippen molar-refractivity contribution in [2.75, 3.05) is 7.11 Å². The molecule has 38 heavy (non-hydrogen) atoms. The third-order valence-electron chi connectivity index (χ3n) is 5.85. The first-order valence-electron chi connectivity index (χ1n) is 11.7. The Kier molecular flexibility index (Phi) is 8.86. The molecule has 7 nitrogen and oxygen atoms in total. The summed E-state index contributed by atoms with van der Waals surface area (Å²) in [7, 11) is -6.29. The minimum atomic E-state index is -4.00. The predicted molar refractivity (Wildman–Crippen MR) is 148 cm³/mol. The van der Waals surface area contributed by atoms with Gasteiger partial charge in [-0.2, -0.15) is 4.31 Å². The van der Waals surface area contributed by atoms with Gasteiger partial charge in [0.1, 0.15) is 5.75 Å². The normalized spacial score (nSPS) is 12.0. The van der Waals surface area contributed by atoms with Gasteiger partial charge in [0.15, 0.2) is 0 Å². The number of methoxy groups -OCH3 is 1. The van der Waals surface area contributed by atoms with Gasteiger partial charge in [0, 0.05) is 24.7 Å². The third kappa shape index (κ3) is 7.00. The summed E-state index contributed by atoms with van der Waals surface area (Å²) in [5.74, 6) is 0.615. The Hall–Kier alpha value is -3.21. The molecule has 0 aromatic heterocycles. The summed E-state index contributed by atoms with van der Waals surface area (Å²) in [6.45, 7) is 0.300. The van der Waals surface area contributed by atoms with Crippen LogP contribution in [0.3, 0.4) is 0 Å². The molecule has 10 heteroatoms. The average Bonchev–Trinajstić information content (AvgIpc) is 2.93. The zero-order valence-corrected chi connectivity index (χ0v) is 23.0. The number of nitrogens with zero attached hydrogens (tertiary/aromatic N) is 1. The molecule has 4 rings (SSSR count). The van der Waals surface area contributed by atoms with Crippen LogP contribution in [0.15, 0.2) is 113 Å². The first-order valence-corrected chi connectivity index (χ1v) is 15.0. The van der Waals surface area contributed by atoms with Crippen LogP contribution in [0.1, 0.15) is 16.7 Å². The summed E-state index contributed by atoms with van der Waals surface area (Å²) < 4.78 is 62.2. The van der Waals surface area contributed by atoms with Gasteiger partial charge in [0.2, 0.25) is 20.0 Å². The molecule has 0 fully saturated rings. The van der Waals surface area contributed by atoms with Crippen LogP contribution in [0, 0.1) is 0 Å². The van der Waals surface area contributed by atoms with Crippen LogP contribution < -0.4 is 9.46 Å². The van der Waals surface area contributed by atoms with Gasteiger partial charge in [0.25, 0.3) is 0 Å². The van der Waals surface area contributed by atoms with Crippen molar-refractivity contribution in [1.29, 1.82) is 0 Å². The van der Waals surface area contributed by atoms with Crippen molar-refractivity contribution in [3.05, 3.63) is 125 Å². The Balaban J connectivity index is 1.59. The molecule has 0 aliphatic carbocycles. The van der Waals surface area contributed by atoms with E-state index in [0.29, 0.717) is 10.8 Å². The van der Waals surface area contributed by atoms with Crippen molar-refractivity contribution in [2.24, 2.45) is 0 Å². The molecule has 198 valence electrons. The Bertz CT molecular complexity index is 1580. The largest absolute Gasteiger partial charge is 0.497 e. The zero-order chi connectivity index (χ0) is 27.2. The second-order valence-electron chi connectivity index (χ2n) is 8.53. The van der Waals surface area contributed by atoms with Gasteiger partial charge in [-0.15, -0.1) is 0 Å². The van der Waals surface area contributed by atoms with Crippen LogP contribution in [0.2, 0.25) is 5.02 Å². The van der Waals surface area contributed by atoms with Crippen LogP contribution >= 0.6 is 11.6 Å². The molecule has 0 aliphatic heterocycles. The lowest BCUT2D eigenvalue weighted by atomic mass is 10.2. The number of benzene rings is 4. The van der Waals surface area contributed by atoms with E-state index in [9.17, 15) is 16.8 Å². The lowest BCUT2D eigenvalue weighted by Gasteiger charge is -2.23. The maximum atomic E-state index is 13.7. The van der Waals surface area contributed by atoms with Crippen LogP contribution in [0.25, 0.3) is 0 Å². The number of sulfonamides is 2. The number of halogens is 1. The highest BCUT2D eigenvalue weighted by Crippen LogP contribution is 2.24. The maximum Gasteiger partial charge on any atom is 0.243 e. The Labute approximate surface area is 228 Å². The van der Waals surface area contributed by atoms with Crippen LogP contribution in [0.5, 0.6) is 5.75 Å². The van der Waals surface area contributed by atoms with Crippen molar-refractivity contribution in [1.82, 2.24) is 9.03 Å². The lowest BCUT2D eigenvalue weighted by Crippen LogP contribution is -2.30. The van der Waals surface area contributed by atoms with Gasteiger partial charge in [-0.1, -0.05) is 66.2 Å². The van der Waals surface area contributed by atoms with E-state index >= 15 is 0 Å². The van der Waals surface area contributed by atoms with E-state index < -0.39 is 20.0 Å². The first-order chi connectivity index (χ1) is 18.2. The molecular formula is C28H27ClN2O5S2. The number of ether oxygens (including phenoxy) is 1. The standard InChI is InChI=1S/C28H27ClN2O5S2/c1-36-26-9-5-8-24(18-26)21-31(20-23-10-12-25(29)13-11-23)38(34,35)28-16-14-27(15-17-28)37(32,33)30-19-22-6-3-2-4-7-22/h2-18,30H,19-21H2,1H3. The minimum Gasteiger partial charge on any atom is -0.497 e. The number of nitrogens with one attached hydrogen (secondary N) is 1. The monoisotopic (exact) mass is 570 g/mol. The van der Waals surface area contributed by atoms with E-state index in [1.54, 1.807) is 49.6 Å². The molecular weight excluding hydrogens is 544 g/mol. The average molecular weight is 571 g/mol. The fourth-order valence-electron chi connectivity index (χ4n) is 3.79. The highest BCUT2D eigenvalue weighted by molar-refractivity contribution is 7.89. The van der Waals surface area contributed by atoms with E-state index in [1.807, 2.05) is 36.4 Å². The lowest BCUT2D eigenvalue weighted by molar-refractivity contribution is 0.395. The van der Waals surface area contributed by atoms with E-state index in [2.05, 4.69) is 4.72 Å². The molecule has 0 spiro atoms. The van der Waals surface area contributed by atoms with Crippen molar-refractivity contribution < 1.29 is 21.6 Å². The molecule has 0 bridgehead atoms. The Morgan fingerprint density at radius 2 is 1.32 bits per heavy atom. The Morgan fingerprint density at radius 1 is 0.711 bits per heavy atom. The van der Waals surface area contributed by atoms with Crippen molar-refractivity contribution >= 4 is 31.6 Å². The number of hydrogen-bond donors (Lipinski definition) is 1. The summed E-state index contributed by atoms with van der Waals surface area (Å²) >= 11 is 6.01. The van der Waals surface area contributed by atoms with Gasteiger partial charge in [-0.3, -0.25) is 0 Å². The van der Waals surface area contributed by atoms with Gasteiger partial charge >= 0.3 is 0 Å². The number of rotatable bonds is 11. The molecule has 0 saturated heterocycles. The second kappa shape index (κ2) is 12.1. The molecule has 1 N–H and O–H groups in total. The van der Waals surface area contributed by atoms with Crippen molar-refractivity contribution in [3.8, 4) is 5.75 Å². The smallest absolute Gasteiger partial charge is 0.243 e. The van der Waals surface area contributed by atoms with E-state index in [4.69, 9.17) is 16.3 Å². The molecule has 0 radical (unpaired) electrons. The van der Waals surface area contributed by atoms with Gasteiger partial charge < -0.3 is 4.74 Å². The van der Waals surface area contributed by atoms with Gasteiger partial charge in [0.05, 0.1) is 16.9 Å². The third-order valence-corrected chi connectivity index (χ3v) is 9.32. The van der Waals surface area contributed by atoms with E-state index in [0.717, 1.165) is 16.7 Å². The predicted octanol–water partition coefficient (Wildman–Crippen LogP) is 5.22. The van der Waals surface area contributed by atoms with Crippen molar-refractivity contribution in [2.45, 2.75) is 29.4 Å². The van der Waals surface area contributed by atoms with Crippen molar-refractivity contribution in [3.63, 3.8) is 0 Å². The fraction of sp³-hybridized carbons (Fsp3) is 0.143. The highest BCUT2D eigenvalue weighted by atomic mass is 35.5. The SMILES string of the molecule is COc1cccc(CN(Cc2ccc(Cl)cc2)S(=O)(=O)c2ccc(S(=O)(=O)NCc3ccccc3)cc2)c1. The van der Waals surface area contributed by atoms with Crippen LogP contribution in [-0.2, 0) is 39.7 Å². The van der Waals surface area contributed by atoms with Crippen LogP contribution in [-0.4, -0.2) is 28.3 Å². The zero-order valence-electron chi connectivity index (χ0n) is 20.6. The van der Waals surface area contributed by atoms with Gasteiger partial charge in [-0.05, 0) is 65.2 Å². The molecule has 4 aromatic rings. The molecule has 0 atom stereocenters. The van der Waals surface area contributed by atoms with Crippen LogP contribution in [0.4, 0.5) is 0 Å². The summed E-state index contributed by atoms with van der Waals surface area (Å²) in [5.41, 5.74) is 2.31. The van der Waals surface area contributed by atoms with E-state index in [-0.39, 0.29) is 29.4 Å². The first kappa shape index (κ1) is 27.8. The van der Waals surface area contributed by atoms with E-state index in [1.165, 1.54) is 28.6 Å². The molecule has 0 unspecified atom stereocenters. The molecule has 0 aliphatic rings. The number of hydrogen-bond acceptors (Lipinski definition) is 5. The quantitative estimate of drug-likeness (QED) is 0.267. The molecule has 0 heterocycles. The Morgan fingerprint density at radius 3 is 1.97 bits per heavy atom. The highest BCUT2D eigenvalue weighted by Gasteiger charge is 2.26. The summed E-state index contributed by atoms with van der Waals surface area (Å²) in [4.78, 5) is -0.0409. The topological polar surface area (TPSA) is 92.8 Å². The van der Waals surface area contributed by atoms with Gasteiger partial charge in [-0.25, -0.2) is 21.6 Å². The molecule has 0 amide bonds. The summed E-state index contributed by atoms with van der Waals surface area (Å²) in [6, 6.07) is 28.5.